The van der Waals surface area contributed by atoms with Gasteiger partial charge in [-0.15, -0.1) is 20.4 Å². The van der Waals surface area contributed by atoms with E-state index >= 15 is 0 Å². The number of hydrogen-bond donors (Lipinski definition) is 1. The molecule has 0 unspecified atom stereocenters. The second kappa shape index (κ2) is 7.55. The lowest BCUT2D eigenvalue weighted by Gasteiger charge is -2.07. The number of benzene rings is 1. The van der Waals surface area contributed by atoms with Crippen molar-refractivity contribution in [3.8, 4) is 17.4 Å². The van der Waals surface area contributed by atoms with Crippen LogP contribution in [0.15, 0.2) is 29.4 Å². The number of aryl methyl sites for hydroxylation is 2. The normalized spacial score (nSPS) is 10.9. The summed E-state index contributed by atoms with van der Waals surface area (Å²) < 4.78 is 12.0. The third-order valence-corrected chi connectivity index (χ3v) is 3.45. The summed E-state index contributed by atoms with van der Waals surface area (Å²) in [6, 6.07) is 7.36. The first-order valence-electron chi connectivity index (χ1n) is 7.73. The van der Waals surface area contributed by atoms with Crippen LogP contribution in [0.1, 0.15) is 17.0 Å². The highest BCUT2D eigenvalue weighted by atomic mass is 16.5. The molecule has 26 heavy (non-hydrogen) atoms. The first-order chi connectivity index (χ1) is 12.6. The number of aromatic nitrogens is 6. The van der Waals surface area contributed by atoms with Gasteiger partial charge in [-0.25, -0.2) is 10.1 Å². The summed E-state index contributed by atoms with van der Waals surface area (Å²) in [7, 11) is 3.16. The predicted octanol–water partition coefficient (Wildman–Crippen LogP) is 1.53. The summed E-state index contributed by atoms with van der Waals surface area (Å²) in [5, 5.41) is 24.2. The van der Waals surface area contributed by atoms with Crippen molar-refractivity contribution < 1.29 is 9.47 Å². The van der Waals surface area contributed by atoms with E-state index in [1.807, 2.05) is 26.0 Å². The molecule has 10 nitrogen and oxygen atoms in total. The maximum Gasteiger partial charge on any atom is 0.289 e. The average Bonchev–Trinajstić information content (AvgIpc) is 3.00. The van der Waals surface area contributed by atoms with Crippen molar-refractivity contribution in [1.82, 2.24) is 30.2 Å². The second-order valence-electron chi connectivity index (χ2n) is 5.35. The molecule has 10 heteroatoms. The molecule has 0 amide bonds. The Kier molecular flexibility index (Phi) is 5.02. The van der Waals surface area contributed by atoms with E-state index < -0.39 is 0 Å². The molecule has 0 aliphatic rings. The van der Waals surface area contributed by atoms with Crippen molar-refractivity contribution in [1.29, 1.82) is 0 Å². The fourth-order valence-corrected chi connectivity index (χ4v) is 2.28. The van der Waals surface area contributed by atoms with Gasteiger partial charge < -0.3 is 9.47 Å². The molecule has 0 saturated carbocycles. The molecule has 134 valence electrons. The molecule has 0 saturated heterocycles. The lowest BCUT2D eigenvalue weighted by Crippen LogP contribution is -2.10. The third-order valence-electron chi connectivity index (χ3n) is 3.45. The molecule has 0 atom stereocenters. The quantitative estimate of drug-likeness (QED) is 0.524. The highest BCUT2D eigenvalue weighted by Gasteiger charge is 2.08. The minimum Gasteiger partial charge on any atom is -0.493 e. The van der Waals surface area contributed by atoms with E-state index in [1.165, 1.54) is 0 Å². The van der Waals surface area contributed by atoms with E-state index in [1.54, 1.807) is 37.2 Å². The van der Waals surface area contributed by atoms with Crippen LogP contribution in [-0.4, -0.2) is 50.6 Å². The number of methoxy groups -OCH3 is 2. The monoisotopic (exact) mass is 354 g/mol. The first-order valence-corrected chi connectivity index (χ1v) is 7.73. The number of hydrazone groups is 1. The van der Waals surface area contributed by atoms with Gasteiger partial charge >= 0.3 is 0 Å². The molecule has 1 N–H and O–H groups in total. The van der Waals surface area contributed by atoms with E-state index in [0.29, 0.717) is 17.4 Å². The van der Waals surface area contributed by atoms with Gasteiger partial charge in [0.1, 0.15) is 0 Å². The molecule has 3 rings (SSSR count). The van der Waals surface area contributed by atoms with Gasteiger partial charge in [-0.3, -0.25) is 0 Å². The van der Waals surface area contributed by atoms with Gasteiger partial charge in [0.25, 0.3) is 11.9 Å². The van der Waals surface area contributed by atoms with Gasteiger partial charge in [-0.2, -0.15) is 10.2 Å². The zero-order valence-electron chi connectivity index (χ0n) is 14.8. The number of anilines is 1. The van der Waals surface area contributed by atoms with Crippen molar-refractivity contribution in [3.05, 3.63) is 41.2 Å². The van der Waals surface area contributed by atoms with Crippen LogP contribution >= 0.6 is 0 Å². The van der Waals surface area contributed by atoms with Crippen LogP contribution in [0, 0.1) is 13.8 Å². The summed E-state index contributed by atoms with van der Waals surface area (Å²) in [6.45, 7) is 3.80. The van der Waals surface area contributed by atoms with Crippen molar-refractivity contribution in [2.75, 3.05) is 19.6 Å². The maximum atomic E-state index is 5.25. The molecular weight excluding hydrogens is 336 g/mol. The Balaban J connectivity index is 1.68. The lowest BCUT2D eigenvalue weighted by atomic mass is 10.2. The van der Waals surface area contributed by atoms with Gasteiger partial charge in [-0.05, 0) is 43.7 Å². The van der Waals surface area contributed by atoms with E-state index in [-0.39, 0.29) is 5.95 Å². The van der Waals surface area contributed by atoms with E-state index in [0.717, 1.165) is 17.0 Å². The Hall–Kier alpha value is -3.56. The summed E-state index contributed by atoms with van der Waals surface area (Å²) in [5.74, 6) is 1.73. The van der Waals surface area contributed by atoms with Crippen LogP contribution in [0.2, 0.25) is 0 Å². The average molecular weight is 354 g/mol. The van der Waals surface area contributed by atoms with Gasteiger partial charge in [0.15, 0.2) is 11.5 Å². The van der Waals surface area contributed by atoms with Gasteiger partial charge in [0.2, 0.25) is 0 Å². The number of ether oxygens (including phenoxy) is 2. The molecule has 2 heterocycles. The van der Waals surface area contributed by atoms with Crippen LogP contribution in [0.5, 0.6) is 11.5 Å². The Bertz CT molecular complexity index is 920. The van der Waals surface area contributed by atoms with Gasteiger partial charge in [0.05, 0.1) is 26.1 Å². The number of nitrogens with zero attached hydrogens (tertiary/aromatic N) is 7. The van der Waals surface area contributed by atoms with Crippen LogP contribution in [0.4, 0.5) is 5.95 Å². The summed E-state index contributed by atoms with van der Waals surface area (Å²) in [4.78, 5) is 0. The Labute approximate surface area is 149 Å². The van der Waals surface area contributed by atoms with E-state index in [4.69, 9.17) is 9.47 Å². The smallest absolute Gasteiger partial charge is 0.289 e. The number of rotatable bonds is 6. The van der Waals surface area contributed by atoms with Crippen molar-refractivity contribution in [2.45, 2.75) is 13.8 Å². The Morgan fingerprint density at radius 2 is 1.73 bits per heavy atom. The van der Waals surface area contributed by atoms with Crippen LogP contribution in [0.25, 0.3) is 5.95 Å². The summed E-state index contributed by atoms with van der Waals surface area (Å²) in [5.41, 5.74) is 5.26. The molecule has 3 aromatic rings. The zero-order valence-corrected chi connectivity index (χ0v) is 14.8. The minimum absolute atomic E-state index is 0.173. The fraction of sp³-hybridized carbons (Fsp3) is 0.250. The van der Waals surface area contributed by atoms with Crippen molar-refractivity contribution in [3.63, 3.8) is 0 Å². The maximum absolute atomic E-state index is 5.25. The second-order valence-corrected chi connectivity index (χ2v) is 5.35. The molecule has 0 fully saturated rings. The fourth-order valence-electron chi connectivity index (χ4n) is 2.28. The largest absolute Gasteiger partial charge is 0.493 e. The predicted molar refractivity (Wildman–Crippen MR) is 95.0 cm³/mol. The molecule has 0 aliphatic carbocycles. The summed E-state index contributed by atoms with van der Waals surface area (Å²) in [6.07, 6.45) is 1.60. The van der Waals surface area contributed by atoms with Gasteiger partial charge in [-0.1, -0.05) is 0 Å². The molecule has 2 aromatic heterocycles. The van der Waals surface area contributed by atoms with E-state index in [9.17, 15) is 0 Å². The zero-order chi connectivity index (χ0) is 18.5. The standard InChI is InChI=1S/C16H18N8O2/c1-10-7-11(2)24(23-10)16-21-19-15(20-22-16)18-17-9-12-5-6-13(25-3)14(8-12)26-4/h5-9H,1-4H3,(H,18,19,20). The van der Waals surface area contributed by atoms with Crippen LogP contribution < -0.4 is 14.9 Å². The molecule has 0 spiro atoms. The topological polar surface area (TPSA) is 112 Å². The Morgan fingerprint density at radius 3 is 2.35 bits per heavy atom. The highest BCUT2D eigenvalue weighted by molar-refractivity contribution is 5.81. The summed E-state index contributed by atoms with van der Waals surface area (Å²) >= 11 is 0. The highest BCUT2D eigenvalue weighted by Crippen LogP contribution is 2.26. The Morgan fingerprint density at radius 1 is 1.00 bits per heavy atom. The van der Waals surface area contributed by atoms with Crippen molar-refractivity contribution in [2.24, 2.45) is 5.10 Å². The number of hydrogen-bond acceptors (Lipinski definition) is 9. The molecule has 0 aliphatic heterocycles. The van der Waals surface area contributed by atoms with Crippen molar-refractivity contribution >= 4 is 12.2 Å². The molecule has 1 aromatic carbocycles. The van der Waals surface area contributed by atoms with E-state index in [2.05, 4.69) is 36.0 Å². The SMILES string of the molecule is COc1ccc(C=NNc2nnc(-n3nc(C)cc3C)nn2)cc1OC. The first kappa shape index (κ1) is 17.3. The minimum atomic E-state index is 0.173. The van der Waals surface area contributed by atoms with Crippen LogP contribution in [0.3, 0.4) is 0 Å². The van der Waals surface area contributed by atoms with Crippen LogP contribution in [-0.2, 0) is 0 Å². The molecule has 0 bridgehead atoms. The van der Waals surface area contributed by atoms with Gasteiger partial charge in [0, 0.05) is 5.69 Å². The lowest BCUT2D eigenvalue weighted by molar-refractivity contribution is 0.355. The number of nitrogens with one attached hydrogen (secondary N) is 1. The molecule has 0 radical (unpaired) electrons. The third kappa shape index (κ3) is 3.74. The molecular formula is C16H18N8O2.